The summed E-state index contributed by atoms with van der Waals surface area (Å²) < 4.78 is 1.65. The Morgan fingerprint density at radius 1 is 1.35 bits per heavy atom. The van der Waals surface area contributed by atoms with Crippen molar-refractivity contribution in [3.05, 3.63) is 30.0 Å². The smallest absolute Gasteiger partial charge is 0.326 e. The van der Waals surface area contributed by atoms with Crippen LogP contribution in [0.3, 0.4) is 0 Å². The molecule has 1 N–H and O–H groups in total. The van der Waals surface area contributed by atoms with Gasteiger partial charge in [0.1, 0.15) is 6.04 Å². The van der Waals surface area contributed by atoms with Crippen molar-refractivity contribution >= 4 is 22.8 Å². The highest BCUT2D eigenvalue weighted by molar-refractivity contribution is 6.06. The van der Waals surface area contributed by atoms with Crippen LogP contribution in [0.1, 0.15) is 23.3 Å². The van der Waals surface area contributed by atoms with Crippen molar-refractivity contribution in [1.82, 2.24) is 14.7 Å². The molecule has 0 radical (unpaired) electrons. The van der Waals surface area contributed by atoms with E-state index in [1.54, 1.807) is 11.7 Å². The summed E-state index contributed by atoms with van der Waals surface area (Å²) in [4.78, 5) is 25.2. The normalized spacial score (nSPS) is 18.6. The first-order chi connectivity index (χ1) is 9.59. The second-order valence-corrected chi connectivity index (χ2v) is 4.98. The Bertz CT molecular complexity index is 692. The number of para-hydroxylation sites is 1. The Morgan fingerprint density at radius 3 is 2.85 bits per heavy atom. The number of carbonyl (C=O) groups excluding carboxylic acids is 1. The molecule has 6 heteroatoms. The Hall–Kier alpha value is -2.37. The van der Waals surface area contributed by atoms with Crippen molar-refractivity contribution in [3.63, 3.8) is 0 Å². The molecular formula is C14H15N3O3. The van der Waals surface area contributed by atoms with Crippen molar-refractivity contribution in [1.29, 1.82) is 0 Å². The zero-order valence-electron chi connectivity index (χ0n) is 11.1. The van der Waals surface area contributed by atoms with E-state index in [4.69, 9.17) is 0 Å². The fourth-order valence-electron chi connectivity index (χ4n) is 2.77. The largest absolute Gasteiger partial charge is 0.480 e. The van der Waals surface area contributed by atoms with Crippen LogP contribution in [0.15, 0.2) is 24.3 Å². The van der Waals surface area contributed by atoms with Crippen molar-refractivity contribution in [2.45, 2.75) is 18.9 Å². The topological polar surface area (TPSA) is 75.4 Å². The molecule has 104 valence electrons. The van der Waals surface area contributed by atoms with Crippen molar-refractivity contribution in [2.24, 2.45) is 7.05 Å². The number of benzene rings is 1. The molecule has 1 aromatic heterocycles. The number of carbonyl (C=O) groups is 2. The predicted molar refractivity (Wildman–Crippen MR) is 72.4 cm³/mol. The summed E-state index contributed by atoms with van der Waals surface area (Å²) in [5, 5.41) is 14.2. The third kappa shape index (κ3) is 1.84. The lowest BCUT2D eigenvalue weighted by Gasteiger charge is -2.20. The van der Waals surface area contributed by atoms with Crippen LogP contribution in [0, 0.1) is 0 Å². The van der Waals surface area contributed by atoms with E-state index >= 15 is 0 Å². The van der Waals surface area contributed by atoms with Crippen LogP contribution in [-0.4, -0.2) is 44.3 Å². The molecule has 1 aliphatic heterocycles. The van der Waals surface area contributed by atoms with E-state index in [0.29, 0.717) is 25.1 Å². The molecule has 2 aromatic rings. The summed E-state index contributed by atoms with van der Waals surface area (Å²) in [6.45, 7) is 0.473. The maximum absolute atomic E-state index is 12.6. The molecule has 0 bridgehead atoms. The van der Waals surface area contributed by atoms with E-state index in [-0.39, 0.29) is 5.91 Å². The number of carboxylic acid groups (broad SMARTS) is 1. The van der Waals surface area contributed by atoms with Gasteiger partial charge in [0.05, 0.1) is 5.52 Å². The van der Waals surface area contributed by atoms with Crippen LogP contribution in [0.5, 0.6) is 0 Å². The quantitative estimate of drug-likeness (QED) is 0.893. The summed E-state index contributed by atoms with van der Waals surface area (Å²) in [5.41, 5.74) is 1.19. The zero-order valence-corrected chi connectivity index (χ0v) is 11.1. The third-order valence-electron chi connectivity index (χ3n) is 3.76. The molecular weight excluding hydrogens is 258 g/mol. The molecule has 0 saturated carbocycles. The number of carboxylic acids is 1. The summed E-state index contributed by atoms with van der Waals surface area (Å²) in [5.74, 6) is -1.25. The number of likely N-dealkylation sites (tertiary alicyclic amines) is 1. The number of fused-ring (bicyclic) bond motifs is 1. The Labute approximate surface area is 115 Å². The van der Waals surface area contributed by atoms with Crippen molar-refractivity contribution < 1.29 is 14.7 Å². The van der Waals surface area contributed by atoms with Crippen LogP contribution in [0.25, 0.3) is 10.9 Å². The lowest BCUT2D eigenvalue weighted by molar-refractivity contribution is -0.141. The van der Waals surface area contributed by atoms with Gasteiger partial charge >= 0.3 is 5.97 Å². The first-order valence-electron chi connectivity index (χ1n) is 6.55. The highest BCUT2D eigenvalue weighted by Gasteiger charge is 2.36. The summed E-state index contributed by atoms with van der Waals surface area (Å²) in [7, 11) is 1.78. The van der Waals surface area contributed by atoms with E-state index in [1.807, 2.05) is 24.3 Å². The standard InChI is InChI=1S/C14H15N3O3/c1-16-10-6-3-2-5-9(10)12(15-16)13(18)17-8-4-7-11(17)14(19)20/h2-3,5-6,11H,4,7-8H2,1H3,(H,19,20)/t11-/m0/s1. The summed E-state index contributed by atoms with van der Waals surface area (Å²) in [6.07, 6.45) is 1.22. The monoisotopic (exact) mass is 273 g/mol. The van der Waals surface area contributed by atoms with Crippen LogP contribution in [-0.2, 0) is 11.8 Å². The van der Waals surface area contributed by atoms with Gasteiger partial charge in [0.15, 0.2) is 5.69 Å². The number of rotatable bonds is 2. The number of amides is 1. The van der Waals surface area contributed by atoms with E-state index < -0.39 is 12.0 Å². The molecule has 1 amide bonds. The van der Waals surface area contributed by atoms with Gasteiger partial charge in [-0.25, -0.2) is 4.79 Å². The van der Waals surface area contributed by atoms with Gasteiger partial charge in [0.25, 0.3) is 5.91 Å². The van der Waals surface area contributed by atoms with Gasteiger partial charge in [0.2, 0.25) is 0 Å². The molecule has 1 atom stereocenters. The zero-order chi connectivity index (χ0) is 14.3. The summed E-state index contributed by atoms with van der Waals surface area (Å²) >= 11 is 0. The molecule has 2 heterocycles. The van der Waals surface area contributed by atoms with Crippen LogP contribution < -0.4 is 0 Å². The highest BCUT2D eigenvalue weighted by atomic mass is 16.4. The summed E-state index contributed by atoms with van der Waals surface area (Å²) in [6, 6.07) is 6.72. The Morgan fingerprint density at radius 2 is 2.10 bits per heavy atom. The predicted octanol–water partition coefficient (Wildman–Crippen LogP) is 1.26. The van der Waals surface area contributed by atoms with Gasteiger partial charge in [-0.3, -0.25) is 9.48 Å². The Balaban J connectivity index is 2.03. The van der Waals surface area contributed by atoms with Gasteiger partial charge in [-0.2, -0.15) is 5.10 Å². The number of aliphatic carboxylic acids is 1. The number of hydrogen-bond donors (Lipinski definition) is 1. The second-order valence-electron chi connectivity index (χ2n) is 4.98. The van der Waals surface area contributed by atoms with Crippen LogP contribution in [0.4, 0.5) is 0 Å². The van der Waals surface area contributed by atoms with E-state index in [9.17, 15) is 14.7 Å². The lowest BCUT2D eigenvalue weighted by Crippen LogP contribution is -2.40. The molecule has 1 aromatic carbocycles. The SMILES string of the molecule is Cn1nc(C(=O)N2CCC[C@H]2C(=O)O)c2ccccc21. The number of aromatic nitrogens is 2. The molecule has 3 rings (SSSR count). The molecule has 1 fully saturated rings. The molecule has 1 saturated heterocycles. The molecule has 0 spiro atoms. The average molecular weight is 273 g/mol. The molecule has 0 unspecified atom stereocenters. The highest BCUT2D eigenvalue weighted by Crippen LogP contribution is 2.24. The lowest BCUT2D eigenvalue weighted by atomic mass is 10.1. The van der Waals surface area contributed by atoms with Gasteiger partial charge in [-0.05, 0) is 18.9 Å². The fourth-order valence-corrected chi connectivity index (χ4v) is 2.77. The number of hydrogen-bond acceptors (Lipinski definition) is 3. The van der Waals surface area contributed by atoms with Crippen molar-refractivity contribution in [2.75, 3.05) is 6.54 Å². The van der Waals surface area contributed by atoms with Crippen molar-refractivity contribution in [3.8, 4) is 0 Å². The minimum atomic E-state index is -0.948. The van der Waals surface area contributed by atoms with Gasteiger partial charge in [-0.15, -0.1) is 0 Å². The third-order valence-corrected chi connectivity index (χ3v) is 3.76. The second kappa shape index (κ2) is 4.63. The van der Waals surface area contributed by atoms with E-state index in [0.717, 1.165) is 10.9 Å². The number of aryl methyl sites for hydroxylation is 1. The number of nitrogens with zero attached hydrogens (tertiary/aromatic N) is 3. The molecule has 0 aliphatic carbocycles. The first-order valence-corrected chi connectivity index (χ1v) is 6.55. The van der Waals surface area contributed by atoms with Crippen LogP contribution >= 0.6 is 0 Å². The minimum Gasteiger partial charge on any atom is -0.480 e. The van der Waals surface area contributed by atoms with Gasteiger partial charge < -0.3 is 10.0 Å². The van der Waals surface area contributed by atoms with Gasteiger partial charge in [0, 0.05) is 19.0 Å². The Kier molecular flexibility index (Phi) is 2.93. The maximum atomic E-state index is 12.6. The molecule has 6 nitrogen and oxygen atoms in total. The minimum absolute atomic E-state index is 0.299. The van der Waals surface area contributed by atoms with E-state index in [1.165, 1.54) is 4.90 Å². The molecule has 1 aliphatic rings. The fraction of sp³-hybridized carbons (Fsp3) is 0.357. The van der Waals surface area contributed by atoms with Crippen LogP contribution in [0.2, 0.25) is 0 Å². The van der Waals surface area contributed by atoms with E-state index in [2.05, 4.69) is 5.10 Å². The maximum Gasteiger partial charge on any atom is 0.326 e. The van der Waals surface area contributed by atoms with Gasteiger partial charge in [-0.1, -0.05) is 18.2 Å². The first kappa shape index (κ1) is 12.7. The average Bonchev–Trinajstić information content (AvgIpc) is 3.04. The molecule has 20 heavy (non-hydrogen) atoms.